The summed E-state index contributed by atoms with van der Waals surface area (Å²) >= 11 is 0. The molecule has 0 saturated carbocycles. The molecule has 17 heavy (non-hydrogen) atoms. The van der Waals surface area contributed by atoms with Gasteiger partial charge in [-0.1, -0.05) is 12.1 Å². The van der Waals surface area contributed by atoms with E-state index in [1.165, 1.54) is 0 Å². The molecule has 5 heteroatoms. The van der Waals surface area contributed by atoms with Gasteiger partial charge in [-0.25, -0.2) is 0 Å². The minimum atomic E-state index is -0.721. The fourth-order valence-corrected chi connectivity index (χ4v) is 1.80. The summed E-state index contributed by atoms with van der Waals surface area (Å²) in [5.41, 5.74) is 6.76. The molecule has 1 aromatic rings. The van der Waals surface area contributed by atoms with Gasteiger partial charge in [-0.15, -0.1) is 0 Å². The number of hydrogen-bond acceptors (Lipinski definition) is 4. The molecule has 0 radical (unpaired) electrons. The topological polar surface area (TPSA) is 87.2 Å². The molecule has 1 atom stereocenters. The summed E-state index contributed by atoms with van der Waals surface area (Å²) in [6, 6.07) is 8.11. The van der Waals surface area contributed by atoms with Crippen molar-refractivity contribution in [2.24, 2.45) is 5.73 Å². The quantitative estimate of drug-likeness (QED) is 0.731. The standard InChI is InChI=1S/C12H11N3O2/c13-6-8-2-1-3-9(4-8)7-15-11(16)5-10(14)12(15)17/h1-4,10H,5,7,14H2/t10-/m0/s1. The smallest absolute Gasteiger partial charge is 0.246 e. The monoisotopic (exact) mass is 229 g/mol. The lowest BCUT2D eigenvalue weighted by molar-refractivity contribution is -0.139. The van der Waals surface area contributed by atoms with Crippen molar-refractivity contribution in [3.05, 3.63) is 35.4 Å². The number of nitriles is 1. The first-order valence-electron chi connectivity index (χ1n) is 5.20. The molecule has 5 nitrogen and oxygen atoms in total. The molecule has 1 aliphatic rings. The van der Waals surface area contributed by atoms with E-state index in [1.54, 1.807) is 24.3 Å². The van der Waals surface area contributed by atoms with Gasteiger partial charge >= 0.3 is 0 Å². The second kappa shape index (κ2) is 4.36. The first-order valence-corrected chi connectivity index (χ1v) is 5.20. The van der Waals surface area contributed by atoms with Gasteiger partial charge in [0.2, 0.25) is 11.8 Å². The fourth-order valence-electron chi connectivity index (χ4n) is 1.80. The lowest BCUT2D eigenvalue weighted by Crippen LogP contribution is -2.34. The summed E-state index contributed by atoms with van der Waals surface area (Å²) in [6.45, 7) is 0.181. The maximum absolute atomic E-state index is 11.6. The molecule has 0 bridgehead atoms. The maximum Gasteiger partial charge on any atom is 0.246 e. The van der Waals surface area contributed by atoms with Crippen molar-refractivity contribution in [1.29, 1.82) is 5.26 Å². The fraction of sp³-hybridized carbons (Fsp3) is 0.250. The molecule has 1 aliphatic heterocycles. The molecule has 1 saturated heterocycles. The molecule has 2 rings (SSSR count). The third-order valence-electron chi connectivity index (χ3n) is 2.68. The average Bonchev–Trinajstić information content (AvgIpc) is 2.56. The Kier molecular flexibility index (Phi) is 2.90. The van der Waals surface area contributed by atoms with Gasteiger partial charge < -0.3 is 5.73 Å². The summed E-state index contributed by atoms with van der Waals surface area (Å²) in [5.74, 6) is -0.609. The lowest BCUT2D eigenvalue weighted by atomic mass is 10.1. The van der Waals surface area contributed by atoms with Crippen LogP contribution in [-0.2, 0) is 16.1 Å². The molecular formula is C12H11N3O2. The van der Waals surface area contributed by atoms with Crippen molar-refractivity contribution < 1.29 is 9.59 Å². The highest BCUT2D eigenvalue weighted by atomic mass is 16.2. The normalized spacial score (nSPS) is 19.5. The summed E-state index contributed by atoms with van der Waals surface area (Å²) in [5, 5.41) is 8.75. The Hall–Kier alpha value is -2.19. The van der Waals surface area contributed by atoms with E-state index >= 15 is 0 Å². The highest BCUT2D eigenvalue weighted by Crippen LogP contribution is 2.15. The van der Waals surface area contributed by atoms with Crippen LogP contribution in [0.1, 0.15) is 17.5 Å². The molecule has 0 aliphatic carbocycles. The van der Waals surface area contributed by atoms with Crippen LogP contribution in [0.2, 0.25) is 0 Å². The highest BCUT2D eigenvalue weighted by Gasteiger charge is 2.35. The van der Waals surface area contributed by atoms with Gasteiger partial charge in [0.1, 0.15) is 0 Å². The second-order valence-electron chi connectivity index (χ2n) is 3.94. The number of likely N-dealkylation sites (tertiary alicyclic amines) is 1. The number of carbonyl (C=O) groups is 2. The molecule has 2 amide bonds. The lowest BCUT2D eigenvalue weighted by Gasteiger charge is -2.14. The number of nitrogens with zero attached hydrogens (tertiary/aromatic N) is 2. The van der Waals surface area contributed by atoms with Gasteiger partial charge in [0, 0.05) is 0 Å². The number of benzene rings is 1. The van der Waals surface area contributed by atoms with Crippen LogP contribution in [0.5, 0.6) is 0 Å². The van der Waals surface area contributed by atoms with E-state index in [2.05, 4.69) is 0 Å². The Balaban J connectivity index is 2.19. The van der Waals surface area contributed by atoms with E-state index in [1.807, 2.05) is 6.07 Å². The molecule has 2 N–H and O–H groups in total. The Bertz CT molecular complexity index is 519. The predicted molar refractivity (Wildman–Crippen MR) is 59.3 cm³/mol. The molecule has 1 heterocycles. The molecule has 1 fully saturated rings. The van der Waals surface area contributed by atoms with Crippen molar-refractivity contribution in [3.8, 4) is 6.07 Å². The summed E-state index contributed by atoms with van der Waals surface area (Å²) < 4.78 is 0. The zero-order valence-corrected chi connectivity index (χ0v) is 9.09. The third-order valence-corrected chi connectivity index (χ3v) is 2.68. The Morgan fingerprint density at radius 3 is 2.82 bits per heavy atom. The average molecular weight is 229 g/mol. The van der Waals surface area contributed by atoms with Gasteiger partial charge in [-0.2, -0.15) is 5.26 Å². The highest BCUT2D eigenvalue weighted by molar-refractivity contribution is 6.05. The Morgan fingerprint density at radius 1 is 1.47 bits per heavy atom. The minimum absolute atomic E-state index is 0.0662. The molecule has 0 aromatic heterocycles. The van der Waals surface area contributed by atoms with Crippen molar-refractivity contribution in [1.82, 2.24) is 4.90 Å². The summed E-state index contributed by atoms with van der Waals surface area (Å²) in [4.78, 5) is 24.2. The van der Waals surface area contributed by atoms with E-state index in [-0.39, 0.29) is 24.8 Å². The largest absolute Gasteiger partial charge is 0.319 e. The molecule has 86 valence electrons. The van der Waals surface area contributed by atoms with Gasteiger partial charge in [0.15, 0.2) is 0 Å². The zero-order chi connectivity index (χ0) is 12.4. The van der Waals surface area contributed by atoms with Crippen LogP contribution >= 0.6 is 0 Å². The molecule has 0 spiro atoms. The van der Waals surface area contributed by atoms with Crippen LogP contribution < -0.4 is 5.73 Å². The number of amides is 2. The summed E-state index contributed by atoms with van der Waals surface area (Å²) in [7, 11) is 0. The SMILES string of the molecule is N#Cc1cccc(CN2C(=O)C[C@H](N)C2=O)c1. The van der Waals surface area contributed by atoms with Gasteiger partial charge in [0.25, 0.3) is 0 Å². The molecule has 1 aromatic carbocycles. The number of imide groups is 1. The third kappa shape index (κ3) is 2.17. The first kappa shape index (κ1) is 11.3. The van der Waals surface area contributed by atoms with Gasteiger partial charge in [-0.3, -0.25) is 14.5 Å². The van der Waals surface area contributed by atoms with E-state index in [0.717, 1.165) is 10.5 Å². The van der Waals surface area contributed by atoms with Crippen LogP contribution in [0.15, 0.2) is 24.3 Å². The zero-order valence-electron chi connectivity index (χ0n) is 9.09. The number of hydrogen-bond donors (Lipinski definition) is 1. The van der Waals surface area contributed by atoms with E-state index < -0.39 is 6.04 Å². The summed E-state index contributed by atoms with van der Waals surface area (Å²) in [6.07, 6.45) is 0.0662. The minimum Gasteiger partial charge on any atom is -0.319 e. The molecular weight excluding hydrogens is 218 g/mol. The van der Waals surface area contributed by atoms with Crippen LogP contribution in [0.4, 0.5) is 0 Å². The Morgan fingerprint density at radius 2 is 2.24 bits per heavy atom. The van der Waals surface area contributed by atoms with Gasteiger partial charge in [-0.05, 0) is 17.7 Å². The van der Waals surface area contributed by atoms with E-state index in [0.29, 0.717) is 5.56 Å². The number of rotatable bonds is 2. The van der Waals surface area contributed by atoms with Gasteiger partial charge in [0.05, 0.1) is 30.6 Å². The van der Waals surface area contributed by atoms with Crippen LogP contribution in [0.3, 0.4) is 0 Å². The molecule has 0 unspecified atom stereocenters. The predicted octanol–water partition coefficient (Wildman–Crippen LogP) is 0.144. The van der Waals surface area contributed by atoms with Crippen molar-refractivity contribution in [3.63, 3.8) is 0 Å². The van der Waals surface area contributed by atoms with Crippen LogP contribution in [0, 0.1) is 11.3 Å². The van der Waals surface area contributed by atoms with Crippen molar-refractivity contribution in [2.75, 3.05) is 0 Å². The van der Waals surface area contributed by atoms with Crippen molar-refractivity contribution >= 4 is 11.8 Å². The van der Waals surface area contributed by atoms with Crippen LogP contribution in [0.25, 0.3) is 0 Å². The van der Waals surface area contributed by atoms with Crippen LogP contribution in [-0.4, -0.2) is 22.8 Å². The Labute approximate surface area is 98.4 Å². The number of carbonyl (C=O) groups excluding carboxylic acids is 2. The maximum atomic E-state index is 11.6. The number of nitrogens with two attached hydrogens (primary N) is 1. The van der Waals surface area contributed by atoms with Crippen molar-refractivity contribution in [2.45, 2.75) is 19.0 Å². The second-order valence-corrected chi connectivity index (χ2v) is 3.94. The van der Waals surface area contributed by atoms with E-state index in [9.17, 15) is 9.59 Å². The first-order chi connectivity index (χ1) is 8.11. The van der Waals surface area contributed by atoms with E-state index in [4.69, 9.17) is 11.0 Å².